The molecule has 4 nitrogen and oxygen atoms in total. The van der Waals surface area contributed by atoms with Gasteiger partial charge in [-0.2, -0.15) is 0 Å². The maximum atomic E-state index is 6.12. The van der Waals surface area contributed by atoms with E-state index in [1.807, 2.05) is 26.0 Å². The zero-order valence-electron chi connectivity index (χ0n) is 9.57. The van der Waals surface area contributed by atoms with Crippen molar-refractivity contribution in [2.75, 3.05) is 0 Å². The maximum absolute atomic E-state index is 6.12. The van der Waals surface area contributed by atoms with Crippen molar-refractivity contribution < 1.29 is 0 Å². The minimum absolute atomic E-state index is 0.402. The first-order valence-electron chi connectivity index (χ1n) is 5.38. The Bertz CT molecular complexity index is 459. The second-order valence-corrected chi connectivity index (χ2v) is 4.16. The van der Waals surface area contributed by atoms with Gasteiger partial charge in [0.2, 0.25) is 0 Å². The van der Waals surface area contributed by atoms with E-state index < -0.39 is 5.54 Å². The third-order valence-corrected chi connectivity index (χ3v) is 2.82. The normalized spacial score (nSPS) is 14.7. The third-order valence-electron chi connectivity index (χ3n) is 2.82. The van der Waals surface area contributed by atoms with Crippen molar-refractivity contribution in [1.29, 1.82) is 0 Å². The van der Waals surface area contributed by atoms with Crippen LogP contribution in [0.2, 0.25) is 0 Å². The monoisotopic (exact) mass is 216 g/mol. The van der Waals surface area contributed by atoms with Gasteiger partial charge in [0.05, 0.1) is 17.4 Å². The fourth-order valence-corrected chi connectivity index (χ4v) is 1.45. The van der Waals surface area contributed by atoms with Gasteiger partial charge in [-0.1, -0.05) is 6.92 Å². The average molecular weight is 216 g/mol. The minimum Gasteiger partial charge on any atom is -0.340 e. The highest BCUT2D eigenvalue weighted by molar-refractivity contribution is 5.56. The van der Waals surface area contributed by atoms with Crippen molar-refractivity contribution in [1.82, 2.24) is 15.0 Å². The number of hydrogen-bond acceptors (Lipinski definition) is 3. The number of H-pyrrole nitrogens is 1. The molecule has 1 atom stereocenters. The molecule has 0 aromatic carbocycles. The number of pyridine rings is 1. The number of hydrogen-bond donors (Lipinski definition) is 2. The lowest BCUT2D eigenvalue weighted by molar-refractivity contribution is 0.450. The molecule has 0 saturated heterocycles. The zero-order chi connectivity index (χ0) is 11.6. The fourth-order valence-electron chi connectivity index (χ4n) is 1.45. The van der Waals surface area contributed by atoms with Gasteiger partial charge in [0.15, 0.2) is 0 Å². The molecular weight excluding hydrogens is 200 g/mol. The summed E-state index contributed by atoms with van der Waals surface area (Å²) in [6, 6.07) is 3.89. The van der Waals surface area contributed by atoms with E-state index in [0.717, 1.165) is 23.5 Å². The molecule has 2 aromatic heterocycles. The first-order valence-corrected chi connectivity index (χ1v) is 5.38. The van der Waals surface area contributed by atoms with E-state index in [1.54, 1.807) is 18.6 Å². The molecule has 0 aliphatic carbocycles. The van der Waals surface area contributed by atoms with Crippen LogP contribution in [0.25, 0.3) is 11.3 Å². The highest BCUT2D eigenvalue weighted by Gasteiger charge is 2.22. The Labute approximate surface area is 94.9 Å². The van der Waals surface area contributed by atoms with E-state index in [2.05, 4.69) is 15.0 Å². The van der Waals surface area contributed by atoms with Crippen molar-refractivity contribution in [3.8, 4) is 11.3 Å². The van der Waals surface area contributed by atoms with E-state index in [4.69, 9.17) is 5.73 Å². The summed E-state index contributed by atoms with van der Waals surface area (Å²) >= 11 is 0. The van der Waals surface area contributed by atoms with Crippen LogP contribution in [0.3, 0.4) is 0 Å². The van der Waals surface area contributed by atoms with E-state index in [0.29, 0.717) is 0 Å². The Morgan fingerprint density at radius 1 is 1.44 bits per heavy atom. The molecular formula is C12H16N4. The van der Waals surface area contributed by atoms with Crippen molar-refractivity contribution in [2.45, 2.75) is 25.8 Å². The predicted octanol–water partition coefficient (Wildman–Crippen LogP) is 2.06. The molecule has 0 fully saturated rings. The van der Waals surface area contributed by atoms with Gasteiger partial charge in [0, 0.05) is 18.0 Å². The maximum Gasteiger partial charge on any atom is 0.126 e. The summed E-state index contributed by atoms with van der Waals surface area (Å²) in [5, 5.41) is 0. The molecule has 0 spiro atoms. The smallest absolute Gasteiger partial charge is 0.126 e. The van der Waals surface area contributed by atoms with Crippen molar-refractivity contribution in [2.24, 2.45) is 5.73 Å². The summed E-state index contributed by atoms with van der Waals surface area (Å²) in [6.45, 7) is 4.02. The Morgan fingerprint density at radius 2 is 2.25 bits per heavy atom. The average Bonchev–Trinajstić information content (AvgIpc) is 2.80. The SMILES string of the molecule is CCC(C)(N)c1ncc(-c2cccnc2)[nH]1. The van der Waals surface area contributed by atoms with Crippen molar-refractivity contribution >= 4 is 0 Å². The van der Waals surface area contributed by atoms with Crippen LogP contribution in [0.5, 0.6) is 0 Å². The molecule has 3 N–H and O–H groups in total. The lowest BCUT2D eigenvalue weighted by Gasteiger charge is -2.19. The Hall–Kier alpha value is -1.68. The molecule has 0 radical (unpaired) electrons. The van der Waals surface area contributed by atoms with E-state index >= 15 is 0 Å². The van der Waals surface area contributed by atoms with Gasteiger partial charge in [-0.3, -0.25) is 4.98 Å². The predicted molar refractivity (Wildman–Crippen MR) is 63.6 cm³/mol. The highest BCUT2D eigenvalue weighted by Crippen LogP contribution is 2.22. The quantitative estimate of drug-likeness (QED) is 0.825. The molecule has 0 amide bonds. The molecule has 2 aromatic rings. The number of aromatic nitrogens is 3. The molecule has 0 aliphatic rings. The van der Waals surface area contributed by atoms with E-state index in [1.165, 1.54) is 0 Å². The summed E-state index contributed by atoms with van der Waals surface area (Å²) in [4.78, 5) is 11.6. The van der Waals surface area contributed by atoms with Gasteiger partial charge in [-0.25, -0.2) is 4.98 Å². The number of aromatic amines is 1. The Balaban J connectivity index is 2.34. The first-order chi connectivity index (χ1) is 7.63. The van der Waals surface area contributed by atoms with Gasteiger partial charge in [-0.05, 0) is 25.5 Å². The topological polar surface area (TPSA) is 67.6 Å². The molecule has 2 heterocycles. The van der Waals surface area contributed by atoms with Crippen LogP contribution in [0.1, 0.15) is 26.1 Å². The lowest BCUT2D eigenvalue weighted by atomic mass is 10.0. The first kappa shape index (κ1) is 10.8. The van der Waals surface area contributed by atoms with E-state index in [9.17, 15) is 0 Å². The number of nitrogens with two attached hydrogens (primary N) is 1. The summed E-state index contributed by atoms with van der Waals surface area (Å²) in [5.41, 5.74) is 7.69. The lowest BCUT2D eigenvalue weighted by Crippen LogP contribution is -2.33. The number of nitrogens with zero attached hydrogens (tertiary/aromatic N) is 2. The van der Waals surface area contributed by atoms with Crippen molar-refractivity contribution in [3.63, 3.8) is 0 Å². The zero-order valence-corrected chi connectivity index (χ0v) is 9.57. The van der Waals surface area contributed by atoms with Gasteiger partial charge < -0.3 is 10.7 Å². The second-order valence-electron chi connectivity index (χ2n) is 4.16. The number of rotatable bonds is 3. The van der Waals surface area contributed by atoms with Gasteiger partial charge >= 0.3 is 0 Å². The van der Waals surface area contributed by atoms with Crippen LogP contribution >= 0.6 is 0 Å². The molecule has 0 aliphatic heterocycles. The fraction of sp³-hybridized carbons (Fsp3) is 0.333. The molecule has 1 unspecified atom stereocenters. The molecule has 16 heavy (non-hydrogen) atoms. The molecule has 4 heteroatoms. The number of imidazole rings is 1. The van der Waals surface area contributed by atoms with Crippen LogP contribution in [-0.2, 0) is 5.54 Å². The Kier molecular flexibility index (Phi) is 2.75. The number of nitrogens with one attached hydrogen (secondary N) is 1. The summed E-state index contributed by atoms with van der Waals surface area (Å²) in [6.07, 6.45) is 6.19. The molecule has 2 rings (SSSR count). The van der Waals surface area contributed by atoms with Gasteiger partial charge in [-0.15, -0.1) is 0 Å². The largest absolute Gasteiger partial charge is 0.340 e. The van der Waals surface area contributed by atoms with Gasteiger partial charge in [0.25, 0.3) is 0 Å². The summed E-state index contributed by atoms with van der Waals surface area (Å²) in [7, 11) is 0. The van der Waals surface area contributed by atoms with Crippen LogP contribution in [-0.4, -0.2) is 15.0 Å². The van der Waals surface area contributed by atoms with Crippen LogP contribution in [0, 0.1) is 0 Å². The standard InChI is InChI=1S/C12H16N4/c1-3-12(2,13)11-15-8-10(16-11)9-5-4-6-14-7-9/h4-8H,3,13H2,1-2H3,(H,15,16). The van der Waals surface area contributed by atoms with Crippen molar-refractivity contribution in [3.05, 3.63) is 36.5 Å². The minimum atomic E-state index is -0.402. The molecule has 0 bridgehead atoms. The van der Waals surface area contributed by atoms with Crippen LogP contribution in [0.15, 0.2) is 30.7 Å². The molecule has 0 saturated carbocycles. The summed E-state index contributed by atoms with van der Waals surface area (Å²) < 4.78 is 0. The summed E-state index contributed by atoms with van der Waals surface area (Å²) in [5.74, 6) is 0.814. The molecule has 84 valence electrons. The Morgan fingerprint density at radius 3 is 2.88 bits per heavy atom. The van der Waals surface area contributed by atoms with Crippen LogP contribution in [0.4, 0.5) is 0 Å². The second kappa shape index (κ2) is 4.06. The van der Waals surface area contributed by atoms with Gasteiger partial charge in [0.1, 0.15) is 5.82 Å². The van der Waals surface area contributed by atoms with E-state index in [-0.39, 0.29) is 0 Å². The highest BCUT2D eigenvalue weighted by atomic mass is 15.0. The third kappa shape index (κ3) is 1.97. The van der Waals surface area contributed by atoms with Crippen LogP contribution < -0.4 is 5.73 Å².